The Morgan fingerprint density at radius 1 is 0.926 bits per heavy atom. The van der Waals surface area contributed by atoms with Gasteiger partial charge in [-0.15, -0.1) is 0 Å². The van der Waals surface area contributed by atoms with Gasteiger partial charge >= 0.3 is 0 Å². The van der Waals surface area contributed by atoms with Crippen LogP contribution in [0.2, 0.25) is 0 Å². The van der Waals surface area contributed by atoms with Crippen LogP contribution < -0.4 is 20.1 Å². The highest BCUT2D eigenvalue weighted by molar-refractivity contribution is 6.17. The molecule has 1 aliphatic carbocycles. The van der Waals surface area contributed by atoms with Gasteiger partial charge in [-0.2, -0.15) is 0 Å². The van der Waals surface area contributed by atoms with Gasteiger partial charge in [0.05, 0.1) is 19.9 Å². The molecular formula is C21H24N2O4. The van der Waals surface area contributed by atoms with Gasteiger partial charge in [0.1, 0.15) is 16.9 Å². The summed E-state index contributed by atoms with van der Waals surface area (Å²) < 4.78 is 10.5. The number of amides is 2. The van der Waals surface area contributed by atoms with Crippen LogP contribution in [0, 0.1) is 19.3 Å². The van der Waals surface area contributed by atoms with Gasteiger partial charge in [0.25, 0.3) is 0 Å². The fourth-order valence-electron chi connectivity index (χ4n) is 2.95. The van der Waals surface area contributed by atoms with Gasteiger partial charge in [0.15, 0.2) is 0 Å². The summed E-state index contributed by atoms with van der Waals surface area (Å²) in [5.41, 5.74) is 2.29. The lowest BCUT2D eigenvalue weighted by Crippen LogP contribution is -2.36. The SMILES string of the molecule is COc1ccc(NC(=O)C2(C(=O)Nc3cccc(C)c3C)CC2)c(OC)c1. The molecule has 1 saturated carbocycles. The number of carbonyl (C=O) groups is 2. The highest BCUT2D eigenvalue weighted by atomic mass is 16.5. The molecule has 2 aromatic carbocycles. The van der Waals surface area contributed by atoms with Crippen LogP contribution in [0.5, 0.6) is 11.5 Å². The third-order valence-electron chi connectivity index (χ3n) is 5.13. The molecule has 0 unspecified atom stereocenters. The van der Waals surface area contributed by atoms with E-state index in [1.54, 1.807) is 25.3 Å². The summed E-state index contributed by atoms with van der Waals surface area (Å²) in [6, 6.07) is 10.8. The molecular weight excluding hydrogens is 344 g/mol. The van der Waals surface area contributed by atoms with E-state index in [2.05, 4.69) is 10.6 Å². The molecule has 2 amide bonds. The van der Waals surface area contributed by atoms with Crippen molar-refractivity contribution in [2.75, 3.05) is 24.9 Å². The number of benzene rings is 2. The van der Waals surface area contributed by atoms with Gasteiger partial charge in [0, 0.05) is 11.8 Å². The fraction of sp³-hybridized carbons (Fsp3) is 0.333. The van der Waals surface area contributed by atoms with Crippen LogP contribution in [-0.2, 0) is 9.59 Å². The maximum Gasteiger partial charge on any atom is 0.240 e. The molecule has 0 spiro atoms. The predicted octanol–water partition coefficient (Wildman–Crippen LogP) is 3.68. The van der Waals surface area contributed by atoms with E-state index in [9.17, 15) is 9.59 Å². The van der Waals surface area contributed by atoms with Gasteiger partial charge < -0.3 is 20.1 Å². The molecule has 0 bridgehead atoms. The lowest BCUT2D eigenvalue weighted by atomic mass is 10.0. The molecule has 1 aliphatic rings. The van der Waals surface area contributed by atoms with Crippen molar-refractivity contribution in [3.8, 4) is 11.5 Å². The standard InChI is InChI=1S/C21H24N2O4/c1-13-6-5-7-16(14(13)2)22-19(24)21(10-11-21)20(25)23-17-9-8-15(26-3)12-18(17)27-4/h5-9,12H,10-11H2,1-4H3,(H,22,24)(H,23,25). The minimum Gasteiger partial charge on any atom is -0.497 e. The second-order valence-corrected chi connectivity index (χ2v) is 6.80. The smallest absolute Gasteiger partial charge is 0.240 e. The van der Waals surface area contributed by atoms with Crippen LogP contribution in [-0.4, -0.2) is 26.0 Å². The maximum atomic E-state index is 12.8. The number of aryl methyl sites for hydroxylation is 1. The lowest BCUT2D eigenvalue weighted by Gasteiger charge is -2.18. The molecule has 0 atom stereocenters. The molecule has 0 aliphatic heterocycles. The molecule has 2 aromatic rings. The zero-order chi connectivity index (χ0) is 19.6. The van der Waals surface area contributed by atoms with Crippen LogP contribution in [0.1, 0.15) is 24.0 Å². The van der Waals surface area contributed by atoms with E-state index in [1.807, 2.05) is 32.0 Å². The average molecular weight is 368 g/mol. The number of carbonyl (C=O) groups excluding carboxylic acids is 2. The van der Waals surface area contributed by atoms with Gasteiger partial charge in [-0.3, -0.25) is 9.59 Å². The van der Waals surface area contributed by atoms with Crippen LogP contribution >= 0.6 is 0 Å². The first-order valence-electron chi connectivity index (χ1n) is 8.82. The second kappa shape index (κ2) is 7.31. The minimum absolute atomic E-state index is 0.277. The predicted molar refractivity (Wildman–Crippen MR) is 104 cm³/mol. The normalized spacial score (nSPS) is 14.2. The van der Waals surface area contributed by atoms with Crippen molar-refractivity contribution in [2.45, 2.75) is 26.7 Å². The van der Waals surface area contributed by atoms with Crippen molar-refractivity contribution in [1.29, 1.82) is 0 Å². The highest BCUT2D eigenvalue weighted by Gasteiger charge is 2.56. The third-order valence-corrected chi connectivity index (χ3v) is 5.13. The summed E-state index contributed by atoms with van der Waals surface area (Å²) >= 11 is 0. The first-order valence-corrected chi connectivity index (χ1v) is 8.82. The van der Waals surface area contributed by atoms with Gasteiger partial charge in [-0.1, -0.05) is 12.1 Å². The molecule has 2 N–H and O–H groups in total. The summed E-state index contributed by atoms with van der Waals surface area (Å²) in [6.07, 6.45) is 1.04. The zero-order valence-electron chi connectivity index (χ0n) is 16.0. The lowest BCUT2D eigenvalue weighted by molar-refractivity contribution is -0.131. The minimum atomic E-state index is -1.04. The molecule has 142 valence electrons. The Hall–Kier alpha value is -3.02. The summed E-state index contributed by atoms with van der Waals surface area (Å²) in [5, 5.41) is 5.74. The first-order chi connectivity index (χ1) is 12.9. The third kappa shape index (κ3) is 3.60. The Labute approximate surface area is 158 Å². The summed E-state index contributed by atoms with van der Waals surface area (Å²) in [5.74, 6) is 0.502. The molecule has 0 saturated heterocycles. The molecule has 0 aromatic heterocycles. The summed E-state index contributed by atoms with van der Waals surface area (Å²) in [6.45, 7) is 3.94. The average Bonchev–Trinajstić information content (AvgIpc) is 3.48. The number of methoxy groups -OCH3 is 2. The molecule has 6 nitrogen and oxygen atoms in total. The monoisotopic (exact) mass is 368 g/mol. The van der Waals surface area contributed by atoms with Crippen molar-refractivity contribution >= 4 is 23.2 Å². The van der Waals surface area contributed by atoms with E-state index in [0.717, 1.165) is 16.8 Å². The van der Waals surface area contributed by atoms with E-state index in [0.29, 0.717) is 30.0 Å². The number of hydrogen-bond acceptors (Lipinski definition) is 4. The molecule has 27 heavy (non-hydrogen) atoms. The van der Waals surface area contributed by atoms with Crippen molar-refractivity contribution in [2.24, 2.45) is 5.41 Å². The molecule has 3 rings (SSSR count). The van der Waals surface area contributed by atoms with E-state index in [4.69, 9.17) is 9.47 Å². The van der Waals surface area contributed by atoms with E-state index in [-0.39, 0.29) is 11.8 Å². The van der Waals surface area contributed by atoms with E-state index >= 15 is 0 Å². The van der Waals surface area contributed by atoms with Crippen LogP contribution in [0.3, 0.4) is 0 Å². The van der Waals surface area contributed by atoms with Crippen molar-refractivity contribution in [3.63, 3.8) is 0 Å². The Bertz CT molecular complexity index is 888. The number of rotatable bonds is 6. The highest BCUT2D eigenvalue weighted by Crippen LogP contribution is 2.48. The Morgan fingerprint density at radius 3 is 2.19 bits per heavy atom. The van der Waals surface area contributed by atoms with E-state index < -0.39 is 5.41 Å². The molecule has 0 heterocycles. The summed E-state index contributed by atoms with van der Waals surface area (Å²) in [4.78, 5) is 25.7. The van der Waals surface area contributed by atoms with Crippen molar-refractivity contribution in [3.05, 3.63) is 47.5 Å². The zero-order valence-corrected chi connectivity index (χ0v) is 16.0. The molecule has 6 heteroatoms. The second-order valence-electron chi connectivity index (χ2n) is 6.80. The van der Waals surface area contributed by atoms with Gasteiger partial charge in [-0.05, 0) is 56.0 Å². The first kappa shape index (κ1) is 18.8. The molecule has 1 fully saturated rings. The van der Waals surface area contributed by atoms with Crippen LogP contribution in [0.15, 0.2) is 36.4 Å². The number of nitrogens with one attached hydrogen (secondary N) is 2. The Kier molecular flexibility index (Phi) is 5.08. The summed E-state index contributed by atoms with van der Waals surface area (Å²) in [7, 11) is 3.08. The Balaban J connectivity index is 1.76. The van der Waals surface area contributed by atoms with Gasteiger partial charge in [0.2, 0.25) is 11.8 Å². The largest absolute Gasteiger partial charge is 0.497 e. The van der Waals surface area contributed by atoms with Crippen molar-refractivity contribution < 1.29 is 19.1 Å². The Morgan fingerprint density at radius 2 is 1.59 bits per heavy atom. The van der Waals surface area contributed by atoms with Gasteiger partial charge in [-0.25, -0.2) is 0 Å². The number of ether oxygens (including phenoxy) is 2. The number of hydrogen-bond donors (Lipinski definition) is 2. The fourth-order valence-corrected chi connectivity index (χ4v) is 2.95. The quantitative estimate of drug-likeness (QED) is 0.763. The van der Waals surface area contributed by atoms with E-state index in [1.165, 1.54) is 7.11 Å². The maximum absolute atomic E-state index is 12.8. The molecule has 0 radical (unpaired) electrons. The van der Waals surface area contributed by atoms with Crippen LogP contribution in [0.25, 0.3) is 0 Å². The van der Waals surface area contributed by atoms with Crippen molar-refractivity contribution in [1.82, 2.24) is 0 Å². The topological polar surface area (TPSA) is 76.7 Å². The van der Waals surface area contributed by atoms with Crippen LogP contribution in [0.4, 0.5) is 11.4 Å². The number of anilines is 2.